The third-order valence-corrected chi connectivity index (χ3v) is 5.00. The van der Waals surface area contributed by atoms with E-state index in [2.05, 4.69) is 10.3 Å². The first kappa shape index (κ1) is 18.0. The molecule has 0 aliphatic heterocycles. The highest BCUT2D eigenvalue weighted by Gasteiger charge is 2.19. The predicted molar refractivity (Wildman–Crippen MR) is 113 cm³/mol. The van der Waals surface area contributed by atoms with E-state index < -0.39 is 11.7 Å². The van der Waals surface area contributed by atoms with Gasteiger partial charge in [0, 0.05) is 11.5 Å². The van der Waals surface area contributed by atoms with E-state index in [9.17, 15) is 9.90 Å². The summed E-state index contributed by atoms with van der Waals surface area (Å²) >= 11 is 0. The second kappa shape index (κ2) is 7.42. The van der Waals surface area contributed by atoms with Gasteiger partial charge in [0.1, 0.15) is 17.4 Å². The Morgan fingerprint density at radius 1 is 0.900 bits per heavy atom. The van der Waals surface area contributed by atoms with E-state index >= 15 is 0 Å². The van der Waals surface area contributed by atoms with Gasteiger partial charge < -0.3 is 9.52 Å². The second-order valence-electron chi connectivity index (χ2n) is 6.92. The van der Waals surface area contributed by atoms with E-state index in [0.717, 1.165) is 27.8 Å². The van der Waals surface area contributed by atoms with Crippen LogP contribution in [0.4, 0.5) is 0 Å². The molecule has 0 amide bonds. The summed E-state index contributed by atoms with van der Waals surface area (Å²) in [5.41, 5.74) is 4.03. The Labute approximate surface area is 171 Å². The number of aliphatic hydroxyl groups excluding tert-OH is 1. The molecule has 1 atom stereocenters. The van der Waals surface area contributed by atoms with Gasteiger partial charge in [-0.1, -0.05) is 59.8 Å². The van der Waals surface area contributed by atoms with Crippen LogP contribution in [0.15, 0.2) is 100 Å². The molecule has 30 heavy (non-hydrogen) atoms. The number of aliphatic hydroxyl groups is 1. The van der Waals surface area contributed by atoms with E-state index in [0.29, 0.717) is 11.3 Å². The van der Waals surface area contributed by atoms with Crippen molar-refractivity contribution in [1.82, 2.24) is 15.0 Å². The largest absolute Gasteiger partial charge is 0.423 e. The molecule has 5 rings (SSSR count). The minimum absolute atomic E-state index is 0.390. The van der Waals surface area contributed by atoms with Gasteiger partial charge in [0.05, 0.1) is 11.9 Å². The number of fused-ring (bicyclic) bond motifs is 1. The van der Waals surface area contributed by atoms with E-state index in [4.69, 9.17) is 4.42 Å². The van der Waals surface area contributed by atoms with Gasteiger partial charge in [-0.05, 0) is 41.0 Å². The third kappa shape index (κ3) is 3.29. The molecule has 146 valence electrons. The van der Waals surface area contributed by atoms with Crippen LogP contribution in [0.3, 0.4) is 0 Å². The number of nitrogens with zero attached hydrogens (tertiary/aromatic N) is 3. The average molecular weight is 395 g/mol. The summed E-state index contributed by atoms with van der Waals surface area (Å²) in [6.45, 7) is 0. The summed E-state index contributed by atoms with van der Waals surface area (Å²) in [5, 5.41) is 20.2. The van der Waals surface area contributed by atoms with E-state index in [1.807, 2.05) is 60.7 Å². The Bertz CT molecular complexity index is 1390. The Morgan fingerprint density at radius 3 is 2.57 bits per heavy atom. The van der Waals surface area contributed by atoms with Gasteiger partial charge in [-0.25, -0.2) is 9.48 Å². The van der Waals surface area contributed by atoms with Crippen LogP contribution in [-0.4, -0.2) is 20.1 Å². The lowest BCUT2D eigenvalue weighted by Gasteiger charge is -2.13. The van der Waals surface area contributed by atoms with Crippen molar-refractivity contribution in [3.8, 4) is 16.8 Å². The molecule has 6 nitrogen and oxygen atoms in total. The zero-order chi connectivity index (χ0) is 20.5. The number of benzene rings is 3. The maximum absolute atomic E-state index is 11.4. The standard InChI is InChI=1S/C24H17N3O3/c28-23-13-10-17-14-18(11-12-22(17)30-23)27-15-21(25-26-27)24(29)20-9-5-4-8-19(20)16-6-2-1-3-7-16/h1-15,24,29H. The van der Waals surface area contributed by atoms with Crippen molar-refractivity contribution in [3.63, 3.8) is 0 Å². The summed E-state index contributed by atoms with van der Waals surface area (Å²) in [6, 6.07) is 26.1. The van der Waals surface area contributed by atoms with Gasteiger partial charge in [-0.2, -0.15) is 0 Å². The van der Waals surface area contributed by atoms with Crippen LogP contribution < -0.4 is 5.63 Å². The molecule has 0 aliphatic rings. The lowest BCUT2D eigenvalue weighted by molar-refractivity contribution is 0.215. The van der Waals surface area contributed by atoms with Crippen LogP contribution in [0.5, 0.6) is 0 Å². The normalized spacial score (nSPS) is 12.2. The van der Waals surface area contributed by atoms with Gasteiger partial charge in [-0.15, -0.1) is 5.10 Å². The summed E-state index contributed by atoms with van der Waals surface area (Å²) in [5.74, 6) is 0. The van der Waals surface area contributed by atoms with Crippen LogP contribution >= 0.6 is 0 Å². The molecule has 0 radical (unpaired) electrons. The van der Waals surface area contributed by atoms with Crippen LogP contribution in [0, 0.1) is 0 Å². The van der Waals surface area contributed by atoms with Crippen molar-refractivity contribution in [2.24, 2.45) is 0 Å². The Balaban J connectivity index is 1.51. The average Bonchev–Trinajstić information content (AvgIpc) is 3.29. The zero-order valence-corrected chi connectivity index (χ0v) is 15.8. The van der Waals surface area contributed by atoms with Gasteiger partial charge in [-0.3, -0.25) is 0 Å². The maximum atomic E-state index is 11.4. The first-order chi connectivity index (χ1) is 14.7. The molecule has 0 bridgehead atoms. The van der Waals surface area contributed by atoms with Crippen molar-refractivity contribution in [2.45, 2.75) is 6.10 Å². The van der Waals surface area contributed by atoms with Gasteiger partial charge in [0.2, 0.25) is 0 Å². The van der Waals surface area contributed by atoms with Crippen LogP contribution in [0.2, 0.25) is 0 Å². The maximum Gasteiger partial charge on any atom is 0.336 e. The fourth-order valence-corrected chi connectivity index (χ4v) is 3.51. The fraction of sp³-hybridized carbons (Fsp3) is 0.0417. The molecular formula is C24H17N3O3. The first-order valence-electron chi connectivity index (χ1n) is 9.48. The topological polar surface area (TPSA) is 81.2 Å². The molecule has 5 aromatic rings. The molecule has 1 N–H and O–H groups in total. The Morgan fingerprint density at radius 2 is 1.70 bits per heavy atom. The second-order valence-corrected chi connectivity index (χ2v) is 6.92. The quantitative estimate of drug-likeness (QED) is 0.463. The fourth-order valence-electron chi connectivity index (χ4n) is 3.51. The molecule has 0 fully saturated rings. The van der Waals surface area contributed by atoms with Crippen molar-refractivity contribution < 1.29 is 9.52 Å². The van der Waals surface area contributed by atoms with Gasteiger partial charge in [0.15, 0.2) is 0 Å². The molecule has 3 aromatic carbocycles. The molecule has 0 spiro atoms. The Kier molecular flexibility index (Phi) is 4.46. The highest BCUT2D eigenvalue weighted by Crippen LogP contribution is 2.31. The molecular weight excluding hydrogens is 378 g/mol. The van der Waals surface area contributed by atoms with E-state index in [1.54, 1.807) is 29.1 Å². The van der Waals surface area contributed by atoms with Crippen LogP contribution in [0.25, 0.3) is 27.8 Å². The predicted octanol–water partition coefficient (Wildman–Crippen LogP) is 4.12. The zero-order valence-electron chi connectivity index (χ0n) is 15.8. The van der Waals surface area contributed by atoms with Crippen LogP contribution in [-0.2, 0) is 0 Å². The number of hydrogen-bond acceptors (Lipinski definition) is 5. The number of rotatable bonds is 4. The molecule has 0 aliphatic carbocycles. The SMILES string of the molecule is O=c1ccc2cc(-n3cc(C(O)c4ccccc4-c4ccccc4)nn3)ccc2o1. The van der Waals surface area contributed by atoms with Crippen molar-refractivity contribution in [3.05, 3.63) is 113 Å². The third-order valence-electron chi connectivity index (χ3n) is 5.00. The van der Waals surface area contributed by atoms with E-state index in [1.165, 1.54) is 6.07 Å². The lowest BCUT2D eigenvalue weighted by atomic mass is 9.95. The molecule has 2 aromatic heterocycles. The molecule has 0 saturated carbocycles. The summed E-state index contributed by atoms with van der Waals surface area (Å²) in [4.78, 5) is 11.4. The summed E-state index contributed by atoms with van der Waals surface area (Å²) < 4.78 is 6.76. The van der Waals surface area contributed by atoms with Crippen molar-refractivity contribution >= 4 is 11.0 Å². The number of aromatic nitrogens is 3. The van der Waals surface area contributed by atoms with E-state index in [-0.39, 0.29) is 0 Å². The van der Waals surface area contributed by atoms with Gasteiger partial charge >= 0.3 is 5.63 Å². The minimum Gasteiger partial charge on any atom is -0.423 e. The first-order valence-corrected chi connectivity index (χ1v) is 9.48. The number of hydrogen-bond donors (Lipinski definition) is 1. The van der Waals surface area contributed by atoms with Gasteiger partial charge in [0.25, 0.3) is 0 Å². The molecule has 6 heteroatoms. The lowest BCUT2D eigenvalue weighted by Crippen LogP contribution is -2.02. The van der Waals surface area contributed by atoms with Crippen molar-refractivity contribution in [2.75, 3.05) is 0 Å². The molecule has 1 unspecified atom stereocenters. The summed E-state index contributed by atoms with van der Waals surface area (Å²) in [7, 11) is 0. The highest BCUT2D eigenvalue weighted by molar-refractivity contribution is 5.78. The minimum atomic E-state index is -0.923. The van der Waals surface area contributed by atoms with Crippen LogP contribution in [0.1, 0.15) is 17.4 Å². The summed E-state index contributed by atoms with van der Waals surface area (Å²) in [6.07, 6.45) is 0.779. The monoisotopic (exact) mass is 395 g/mol. The smallest absolute Gasteiger partial charge is 0.336 e. The highest BCUT2D eigenvalue weighted by atomic mass is 16.4. The van der Waals surface area contributed by atoms with Crippen molar-refractivity contribution in [1.29, 1.82) is 0 Å². The molecule has 2 heterocycles. The Hall–Kier alpha value is -4.03. The molecule has 0 saturated heterocycles.